The molecule has 0 aromatic heterocycles. The Morgan fingerprint density at radius 3 is 2.40 bits per heavy atom. The number of nitrogens with zero attached hydrogens (tertiary/aromatic N) is 3. The third kappa shape index (κ3) is 4.15. The number of hydrogen-bond donors (Lipinski definition) is 3. The van der Waals surface area contributed by atoms with Crippen LogP contribution in [0.15, 0.2) is 64.6 Å². The van der Waals surface area contributed by atoms with Crippen LogP contribution in [0.25, 0.3) is 0 Å². The molecule has 2 aromatic carbocycles. The van der Waals surface area contributed by atoms with Gasteiger partial charge in [0.1, 0.15) is 5.66 Å². The molecule has 2 aliphatic rings. The van der Waals surface area contributed by atoms with E-state index in [1.165, 1.54) is 12.0 Å². The van der Waals surface area contributed by atoms with Crippen molar-refractivity contribution in [3.63, 3.8) is 0 Å². The average molecular weight is 405 g/mol. The van der Waals surface area contributed by atoms with E-state index in [1.54, 1.807) is 0 Å². The zero-order chi connectivity index (χ0) is 21.0. The second-order valence-electron chi connectivity index (χ2n) is 7.86. The number of aliphatic imine (C=N–C) groups is 2. The van der Waals surface area contributed by atoms with Gasteiger partial charge >= 0.3 is 0 Å². The van der Waals surface area contributed by atoms with Crippen molar-refractivity contribution >= 4 is 23.5 Å². The van der Waals surface area contributed by atoms with Gasteiger partial charge < -0.3 is 16.8 Å². The molecule has 1 aliphatic heterocycles. The van der Waals surface area contributed by atoms with E-state index in [9.17, 15) is 4.79 Å². The van der Waals surface area contributed by atoms with Gasteiger partial charge in [-0.3, -0.25) is 9.69 Å². The number of guanidine groups is 2. The molecule has 1 heterocycles. The molecule has 4 rings (SSSR count). The fourth-order valence-corrected chi connectivity index (χ4v) is 4.32. The van der Waals surface area contributed by atoms with Gasteiger partial charge in [-0.15, -0.1) is 0 Å². The van der Waals surface area contributed by atoms with E-state index in [2.05, 4.69) is 27.4 Å². The second-order valence-corrected chi connectivity index (χ2v) is 7.86. The lowest BCUT2D eigenvalue weighted by molar-refractivity contribution is 0.0954. The zero-order valence-corrected chi connectivity index (χ0v) is 17.1. The molecule has 2 aromatic rings. The maximum absolute atomic E-state index is 12.5. The lowest BCUT2D eigenvalue weighted by Crippen LogP contribution is -2.58. The predicted molar refractivity (Wildman–Crippen MR) is 120 cm³/mol. The Balaban J connectivity index is 1.45. The minimum Gasteiger partial charge on any atom is -0.369 e. The zero-order valence-electron chi connectivity index (χ0n) is 17.1. The predicted octanol–water partition coefficient (Wildman–Crippen LogP) is 2.77. The molecule has 5 N–H and O–H groups in total. The van der Waals surface area contributed by atoms with Gasteiger partial charge in [0.25, 0.3) is 5.91 Å². The van der Waals surface area contributed by atoms with Crippen LogP contribution in [0.2, 0.25) is 0 Å². The normalized spacial score (nSPS) is 17.9. The standard InChI is InChI=1S/C23H28N6O/c24-21-27-22(25)29(23(28-21)14-5-2-6-15-23)19-11-9-18(10-12-19)20(30)26-16-13-17-7-3-1-4-8-17/h1,3-4,7-12H,2,5-6,13-16H2,(H,26,30)(H4,24,25,27,28). The average Bonchev–Trinajstić information content (AvgIpc) is 2.75. The number of carbonyl (C=O) groups is 1. The van der Waals surface area contributed by atoms with E-state index in [0.29, 0.717) is 18.1 Å². The van der Waals surface area contributed by atoms with Gasteiger partial charge in [0.05, 0.1) is 0 Å². The van der Waals surface area contributed by atoms with Crippen LogP contribution in [0.3, 0.4) is 0 Å². The highest BCUT2D eigenvalue weighted by atomic mass is 16.1. The molecule has 30 heavy (non-hydrogen) atoms. The van der Waals surface area contributed by atoms with Crippen molar-refractivity contribution < 1.29 is 4.79 Å². The molecule has 1 fully saturated rings. The van der Waals surface area contributed by atoms with E-state index >= 15 is 0 Å². The SMILES string of the molecule is NC1=NC2(CCCCC2)N(c2ccc(C(=O)NCCc3ccccc3)cc2)C(N)=N1. The summed E-state index contributed by atoms with van der Waals surface area (Å²) in [4.78, 5) is 23.4. The van der Waals surface area contributed by atoms with Crippen LogP contribution >= 0.6 is 0 Å². The van der Waals surface area contributed by atoms with Gasteiger partial charge in [-0.1, -0.05) is 36.8 Å². The molecule has 1 spiro atoms. The molecular weight excluding hydrogens is 376 g/mol. The highest BCUT2D eigenvalue weighted by molar-refractivity contribution is 6.06. The van der Waals surface area contributed by atoms with Gasteiger partial charge in [0, 0.05) is 17.8 Å². The van der Waals surface area contributed by atoms with Crippen LogP contribution in [-0.2, 0) is 6.42 Å². The first-order valence-corrected chi connectivity index (χ1v) is 10.5. The first kappa shape index (κ1) is 19.9. The number of benzene rings is 2. The number of amides is 1. The van der Waals surface area contributed by atoms with Crippen molar-refractivity contribution in [3.05, 3.63) is 65.7 Å². The topological polar surface area (TPSA) is 109 Å². The number of carbonyl (C=O) groups excluding carboxylic acids is 1. The maximum atomic E-state index is 12.5. The minimum absolute atomic E-state index is 0.0904. The Bertz CT molecular complexity index is 945. The fraction of sp³-hybridized carbons (Fsp3) is 0.348. The molecule has 0 saturated heterocycles. The third-order valence-electron chi connectivity index (χ3n) is 5.78. The first-order valence-electron chi connectivity index (χ1n) is 10.5. The van der Waals surface area contributed by atoms with Gasteiger partial charge in [-0.25, -0.2) is 4.99 Å². The van der Waals surface area contributed by atoms with Crippen LogP contribution in [-0.4, -0.2) is 30.0 Å². The van der Waals surface area contributed by atoms with Crippen LogP contribution in [0.4, 0.5) is 5.69 Å². The number of anilines is 1. The summed E-state index contributed by atoms with van der Waals surface area (Å²) in [7, 11) is 0. The van der Waals surface area contributed by atoms with Crippen LogP contribution in [0.5, 0.6) is 0 Å². The van der Waals surface area contributed by atoms with E-state index in [0.717, 1.165) is 37.8 Å². The summed E-state index contributed by atoms with van der Waals surface area (Å²) in [5.41, 5.74) is 14.4. The Hall–Kier alpha value is -3.35. The largest absolute Gasteiger partial charge is 0.369 e. The smallest absolute Gasteiger partial charge is 0.251 e. The molecule has 7 nitrogen and oxygen atoms in total. The van der Waals surface area contributed by atoms with Crippen LogP contribution in [0.1, 0.15) is 48.0 Å². The summed E-state index contributed by atoms with van der Waals surface area (Å²) in [6.45, 7) is 0.591. The Labute approximate surface area is 176 Å². The monoisotopic (exact) mass is 404 g/mol. The molecule has 1 saturated carbocycles. The summed E-state index contributed by atoms with van der Waals surface area (Å²) in [5, 5.41) is 2.98. The maximum Gasteiger partial charge on any atom is 0.251 e. The highest BCUT2D eigenvalue weighted by Crippen LogP contribution is 2.39. The van der Waals surface area contributed by atoms with E-state index in [-0.39, 0.29) is 11.9 Å². The first-order chi connectivity index (χ1) is 14.6. The lowest BCUT2D eigenvalue weighted by atomic mass is 9.87. The minimum atomic E-state index is -0.479. The molecule has 1 aliphatic carbocycles. The van der Waals surface area contributed by atoms with Gasteiger partial charge in [-0.05, 0) is 61.9 Å². The molecule has 0 atom stereocenters. The summed E-state index contributed by atoms with van der Waals surface area (Å²) in [6.07, 6.45) is 5.89. The summed E-state index contributed by atoms with van der Waals surface area (Å²) < 4.78 is 0. The molecule has 0 radical (unpaired) electrons. The number of nitrogens with two attached hydrogens (primary N) is 2. The second kappa shape index (κ2) is 8.57. The molecule has 7 heteroatoms. The summed E-state index contributed by atoms with van der Waals surface area (Å²) in [5.74, 6) is 0.497. The number of nitrogens with one attached hydrogen (secondary N) is 1. The van der Waals surface area contributed by atoms with E-state index < -0.39 is 5.66 Å². The van der Waals surface area contributed by atoms with Gasteiger partial charge in [0.15, 0.2) is 0 Å². The summed E-state index contributed by atoms with van der Waals surface area (Å²) >= 11 is 0. The van der Waals surface area contributed by atoms with Crippen LogP contribution < -0.4 is 21.7 Å². The number of hydrogen-bond acceptors (Lipinski definition) is 6. The lowest BCUT2D eigenvalue weighted by Gasteiger charge is -2.45. The number of rotatable bonds is 5. The van der Waals surface area contributed by atoms with Crippen molar-refractivity contribution in [1.29, 1.82) is 0 Å². The third-order valence-corrected chi connectivity index (χ3v) is 5.78. The molecule has 156 valence electrons. The Kier molecular flexibility index (Phi) is 5.70. The van der Waals surface area contributed by atoms with Crippen molar-refractivity contribution in [1.82, 2.24) is 5.32 Å². The molecule has 1 amide bonds. The molecule has 0 unspecified atom stereocenters. The van der Waals surface area contributed by atoms with E-state index in [1.807, 2.05) is 47.4 Å². The molecular formula is C23H28N6O. The highest BCUT2D eigenvalue weighted by Gasteiger charge is 2.42. The van der Waals surface area contributed by atoms with Crippen LogP contribution in [0, 0.1) is 0 Å². The van der Waals surface area contributed by atoms with Gasteiger partial charge in [0.2, 0.25) is 11.9 Å². The fourth-order valence-electron chi connectivity index (χ4n) is 4.32. The molecule has 0 bridgehead atoms. The van der Waals surface area contributed by atoms with Crippen molar-refractivity contribution in [2.45, 2.75) is 44.2 Å². The van der Waals surface area contributed by atoms with Crippen molar-refractivity contribution in [2.75, 3.05) is 11.4 Å². The van der Waals surface area contributed by atoms with Crippen molar-refractivity contribution in [2.24, 2.45) is 21.5 Å². The summed E-state index contributed by atoms with van der Waals surface area (Å²) in [6, 6.07) is 17.6. The quantitative estimate of drug-likeness (QED) is 0.712. The Morgan fingerprint density at radius 1 is 1.00 bits per heavy atom. The van der Waals surface area contributed by atoms with E-state index in [4.69, 9.17) is 11.5 Å². The van der Waals surface area contributed by atoms with Gasteiger partial charge in [-0.2, -0.15) is 4.99 Å². The van der Waals surface area contributed by atoms with Crippen molar-refractivity contribution in [3.8, 4) is 0 Å². The Morgan fingerprint density at radius 2 is 1.70 bits per heavy atom.